The molecule has 5 heteroatoms. The van der Waals surface area contributed by atoms with E-state index in [9.17, 15) is 13.9 Å². The highest BCUT2D eigenvalue weighted by atomic mass is 79.9. The Bertz CT molecular complexity index is 358. The molecule has 0 aliphatic heterocycles. The van der Waals surface area contributed by atoms with Crippen LogP contribution in [0, 0.1) is 11.6 Å². The van der Waals surface area contributed by atoms with Gasteiger partial charge in [-0.05, 0) is 35.8 Å². The van der Waals surface area contributed by atoms with Crippen LogP contribution in [0.5, 0.6) is 0 Å². The van der Waals surface area contributed by atoms with Crippen molar-refractivity contribution in [3.63, 3.8) is 0 Å². The van der Waals surface area contributed by atoms with E-state index in [1.54, 1.807) is 13.8 Å². The number of halogens is 3. The Morgan fingerprint density at radius 1 is 1.27 bits per heavy atom. The molecule has 1 rings (SSSR count). The summed E-state index contributed by atoms with van der Waals surface area (Å²) in [6.07, 6.45) is -0.617. The normalized spacial score (nSPS) is 14.8. The summed E-state index contributed by atoms with van der Waals surface area (Å²) in [5.41, 5.74) is 0.164. The lowest BCUT2D eigenvalue weighted by atomic mass is 10.2. The summed E-state index contributed by atoms with van der Waals surface area (Å²) in [7, 11) is 0. The van der Waals surface area contributed by atoms with Crippen LogP contribution in [-0.2, 0) is 0 Å². The van der Waals surface area contributed by atoms with E-state index < -0.39 is 17.7 Å². The molecular weight excluding hydrogens is 268 g/mol. The van der Waals surface area contributed by atoms with Gasteiger partial charge in [0, 0.05) is 12.1 Å². The highest BCUT2D eigenvalue weighted by Gasteiger charge is 2.13. The molecule has 0 saturated carbocycles. The van der Waals surface area contributed by atoms with Gasteiger partial charge in [-0.25, -0.2) is 8.78 Å². The lowest BCUT2D eigenvalue weighted by molar-refractivity contribution is 0.177. The summed E-state index contributed by atoms with van der Waals surface area (Å²) in [4.78, 5) is 0. The van der Waals surface area contributed by atoms with Crippen molar-refractivity contribution in [2.24, 2.45) is 0 Å². The Hall–Kier alpha value is -0.680. The third kappa shape index (κ3) is 3.14. The van der Waals surface area contributed by atoms with Gasteiger partial charge in [-0.15, -0.1) is 0 Å². The van der Waals surface area contributed by atoms with Crippen molar-refractivity contribution in [3.05, 3.63) is 28.2 Å². The van der Waals surface area contributed by atoms with Gasteiger partial charge in [0.1, 0.15) is 11.6 Å². The standard InChI is InChI=1S/C10H12BrF2NO/c1-5(6(2)15)14-10-3-7(11)8(12)4-9(10)13/h3-6,14-15H,1-2H3. The zero-order valence-electron chi connectivity index (χ0n) is 8.39. The van der Waals surface area contributed by atoms with Crippen LogP contribution in [0.15, 0.2) is 16.6 Å². The van der Waals surface area contributed by atoms with Crippen LogP contribution in [0.3, 0.4) is 0 Å². The highest BCUT2D eigenvalue weighted by molar-refractivity contribution is 9.10. The Kier molecular flexibility index (Phi) is 4.04. The van der Waals surface area contributed by atoms with E-state index in [2.05, 4.69) is 21.2 Å². The average molecular weight is 280 g/mol. The van der Waals surface area contributed by atoms with E-state index in [4.69, 9.17) is 0 Å². The van der Waals surface area contributed by atoms with Crippen LogP contribution >= 0.6 is 15.9 Å². The third-order valence-electron chi connectivity index (χ3n) is 2.12. The van der Waals surface area contributed by atoms with Crippen molar-refractivity contribution in [2.75, 3.05) is 5.32 Å². The minimum absolute atomic E-state index is 0.164. The molecule has 2 atom stereocenters. The molecule has 1 aromatic carbocycles. The first-order chi connectivity index (χ1) is 6.91. The number of hydrogen-bond donors (Lipinski definition) is 2. The van der Waals surface area contributed by atoms with Gasteiger partial charge in [0.2, 0.25) is 0 Å². The molecule has 0 bridgehead atoms. The zero-order valence-corrected chi connectivity index (χ0v) is 9.98. The Morgan fingerprint density at radius 2 is 1.87 bits per heavy atom. The molecule has 0 aliphatic carbocycles. The second-order valence-electron chi connectivity index (χ2n) is 3.42. The van der Waals surface area contributed by atoms with Gasteiger partial charge in [0.05, 0.1) is 16.3 Å². The summed E-state index contributed by atoms with van der Waals surface area (Å²) in [6.45, 7) is 3.30. The molecule has 15 heavy (non-hydrogen) atoms. The topological polar surface area (TPSA) is 32.3 Å². The first-order valence-corrected chi connectivity index (χ1v) is 5.30. The monoisotopic (exact) mass is 279 g/mol. The van der Waals surface area contributed by atoms with Gasteiger partial charge in [0.15, 0.2) is 0 Å². The van der Waals surface area contributed by atoms with Gasteiger partial charge < -0.3 is 10.4 Å². The summed E-state index contributed by atoms with van der Waals surface area (Å²) in [5.74, 6) is -1.33. The fourth-order valence-corrected chi connectivity index (χ4v) is 1.34. The van der Waals surface area contributed by atoms with E-state index >= 15 is 0 Å². The Morgan fingerprint density at radius 3 is 2.40 bits per heavy atom. The van der Waals surface area contributed by atoms with Gasteiger partial charge >= 0.3 is 0 Å². The van der Waals surface area contributed by atoms with Crippen LogP contribution in [0.2, 0.25) is 0 Å². The highest BCUT2D eigenvalue weighted by Crippen LogP contribution is 2.24. The molecule has 84 valence electrons. The molecule has 0 aromatic heterocycles. The lowest BCUT2D eigenvalue weighted by Crippen LogP contribution is -2.28. The number of aliphatic hydroxyl groups excluding tert-OH is 1. The largest absolute Gasteiger partial charge is 0.391 e. The van der Waals surface area contributed by atoms with E-state index in [1.807, 2.05) is 0 Å². The van der Waals surface area contributed by atoms with E-state index in [0.717, 1.165) is 6.07 Å². The zero-order chi connectivity index (χ0) is 11.6. The van der Waals surface area contributed by atoms with Crippen LogP contribution in [-0.4, -0.2) is 17.3 Å². The SMILES string of the molecule is CC(O)C(C)Nc1cc(Br)c(F)cc1F. The maximum Gasteiger partial charge on any atom is 0.149 e. The Balaban J connectivity index is 2.91. The van der Waals surface area contributed by atoms with Crippen molar-refractivity contribution in [1.29, 1.82) is 0 Å². The molecule has 2 nitrogen and oxygen atoms in total. The molecule has 1 aromatic rings. The number of anilines is 1. The molecule has 0 spiro atoms. The van der Waals surface area contributed by atoms with Gasteiger partial charge in [-0.2, -0.15) is 0 Å². The van der Waals surface area contributed by atoms with Gasteiger partial charge in [0.25, 0.3) is 0 Å². The smallest absolute Gasteiger partial charge is 0.149 e. The number of aliphatic hydroxyl groups is 1. The molecule has 0 heterocycles. The maximum absolute atomic E-state index is 13.2. The first kappa shape index (κ1) is 12.4. The number of rotatable bonds is 3. The number of benzene rings is 1. The summed E-state index contributed by atoms with van der Waals surface area (Å²) < 4.78 is 26.3. The minimum atomic E-state index is -0.678. The molecule has 2 unspecified atom stereocenters. The van der Waals surface area contributed by atoms with Crippen LogP contribution in [0.1, 0.15) is 13.8 Å². The van der Waals surface area contributed by atoms with Crippen molar-refractivity contribution in [2.45, 2.75) is 26.0 Å². The van der Waals surface area contributed by atoms with Crippen LogP contribution < -0.4 is 5.32 Å². The third-order valence-corrected chi connectivity index (χ3v) is 2.72. The molecule has 2 N–H and O–H groups in total. The molecule has 0 saturated heterocycles. The van der Waals surface area contributed by atoms with Crippen molar-refractivity contribution < 1.29 is 13.9 Å². The second-order valence-corrected chi connectivity index (χ2v) is 4.27. The van der Waals surface area contributed by atoms with E-state index in [-0.39, 0.29) is 16.2 Å². The fourth-order valence-electron chi connectivity index (χ4n) is 0.999. The van der Waals surface area contributed by atoms with Crippen molar-refractivity contribution >= 4 is 21.6 Å². The van der Waals surface area contributed by atoms with Crippen molar-refractivity contribution in [1.82, 2.24) is 0 Å². The fraction of sp³-hybridized carbons (Fsp3) is 0.400. The Labute approximate surface area is 95.4 Å². The van der Waals surface area contributed by atoms with Crippen molar-refractivity contribution in [3.8, 4) is 0 Å². The summed E-state index contributed by atoms with van der Waals surface area (Å²) >= 11 is 2.96. The molecule has 0 radical (unpaired) electrons. The number of nitrogens with one attached hydrogen (secondary N) is 1. The molecular formula is C10H12BrF2NO. The molecule has 0 aliphatic rings. The minimum Gasteiger partial charge on any atom is -0.391 e. The second kappa shape index (κ2) is 4.90. The lowest BCUT2D eigenvalue weighted by Gasteiger charge is -2.18. The average Bonchev–Trinajstić information content (AvgIpc) is 2.13. The summed E-state index contributed by atoms with van der Waals surface area (Å²) in [5, 5.41) is 12.0. The maximum atomic E-state index is 13.2. The van der Waals surface area contributed by atoms with Gasteiger partial charge in [-0.1, -0.05) is 0 Å². The number of hydrogen-bond acceptors (Lipinski definition) is 2. The predicted octanol–water partition coefficient (Wildman–Crippen LogP) is 2.91. The van der Waals surface area contributed by atoms with E-state index in [1.165, 1.54) is 6.07 Å². The molecule has 0 amide bonds. The summed E-state index contributed by atoms with van der Waals surface area (Å²) in [6, 6.07) is 1.79. The quantitative estimate of drug-likeness (QED) is 0.834. The molecule has 0 fully saturated rings. The van der Waals surface area contributed by atoms with Gasteiger partial charge in [-0.3, -0.25) is 0 Å². The van der Waals surface area contributed by atoms with Crippen LogP contribution in [0.25, 0.3) is 0 Å². The van der Waals surface area contributed by atoms with E-state index in [0.29, 0.717) is 0 Å². The first-order valence-electron chi connectivity index (χ1n) is 4.51. The predicted molar refractivity (Wildman–Crippen MR) is 58.8 cm³/mol. The van der Waals surface area contributed by atoms with Crippen LogP contribution in [0.4, 0.5) is 14.5 Å².